The van der Waals surface area contributed by atoms with Crippen LogP contribution < -0.4 is 0 Å². The number of benzene rings is 1. The summed E-state index contributed by atoms with van der Waals surface area (Å²) in [6.07, 6.45) is -1.01. The van der Waals surface area contributed by atoms with E-state index in [9.17, 15) is 9.50 Å². The maximum atomic E-state index is 13.0. The third-order valence-electron chi connectivity index (χ3n) is 2.63. The number of aliphatic hydroxyl groups excluding tert-OH is 1. The molecule has 92 valence electrons. The van der Waals surface area contributed by atoms with Gasteiger partial charge in [0, 0.05) is 5.39 Å². The van der Waals surface area contributed by atoms with Crippen LogP contribution in [0.15, 0.2) is 49.9 Å². The summed E-state index contributed by atoms with van der Waals surface area (Å²) >= 11 is 3.16. The average Bonchev–Trinajstić information content (AvgIpc) is 2.93. The van der Waals surface area contributed by atoms with E-state index >= 15 is 0 Å². The van der Waals surface area contributed by atoms with E-state index in [1.807, 2.05) is 0 Å². The monoisotopic (exact) mass is 310 g/mol. The highest BCUT2D eigenvalue weighted by atomic mass is 79.9. The minimum absolute atomic E-state index is 0.317. The fraction of sp³-hybridized carbons (Fsp3) is 0.0769. The zero-order valence-electron chi connectivity index (χ0n) is 9.06. The fourth-order valence-electron chi connectivity index (χ4n) is 1.78. The number of halogens is 2. The van der Waals surface area contributed by atoms with E-state index in [2.05, 4.69) is 15.9 Å². The Morgan fingerprint density at radius 1 is 1.06 bits per heavy atom. The number of aliphatic hydroxyl groups is 1. The quantitative estimate of drug-likeness (QED) is 0.778. The molecule has 2 heterocycles. The van der Waals surface area contributed by atoms with E-state index in [-0.39, 0.29) is 5.82 Å². The molecule has 0 fully saturated rings. The van der Waals surface area contributed by atoms with Crippen LogP contribution in [0.25, 0.3) is 11.0 Å². The fourth-order valence-corrected chi connectivity index (χ4v) is 2.10. The molecule has 1 unspecified atom stereocenters. The predicted octanol–water partition coefficient (Wildman–Crippen LogP) is 4.01. The molecule has 1 N–H and O–H groups in total. The van der Waals surface area contributed by atoms with E-state index < -0.39 is 6.10 Å². The molecule has 3 rings (SSSR count). The first-order chi connectivity index (χ1) is 8.63. The molecular weight excluding hydrogens is 303 g/mol. The molecule has 18 heavy (non-hydrogen) atoms. The minimum Gasteiger partial charge on any atom is -0.458 e. The lowest BCUT2D eigenvalue weighted by molar-refractivity contribution is 0.163. The van der Waals surface area contributed by atoms with Gasteiger partial charge in [-0.2, -0.15) is 0 Å². The second-order valence-corrected chi connectivity index (χ2v) is 4.66. The van der Waals surface area contributed by atoms with Gasteiger partial charge in [0.05, 0.1) is 0 Å². The Morgan fingerprint density at radius 2 is 1.89 bits per heavy atom. The first-order valence-corrected chi connectivity index (χ1v) is 6.05. The van der Waals surface area contributed by atoms with Crippen molar-refractivity contribution in [3.63, 3.8) is 0 Å². The summed E-state index contributed by atoms with van der Waals surface area (Å²) in [5.74, 6) is 0.337. The molecule has 0 spiro atoms. The first-order valence-electron chi connectivity index (χ1n) is 5.26. The van der Waals surface area contributed by atoms with E-state index in [4.69, 9.17) is 8.83 Å². The van der Waals surface area contributed by atoms with Crippen molar-refractivity contribution >= 4 is 26.9 Å². The van der Waals surface area contributed by atoms with Crippen molar-refractivity contribution in [1.82, 2.24) is 0 Å². The largest absolute Gasteiger partial charge is 0.458 e. The van der Waals surface area contributed by atoms with Gasteiger partial charge < -0.3 is 13.9 Å². The minimum atomic E-state index is -1.01. The Bertz CT molecular complexity index is 701. The predicted molar refractivity (Wildman–Crippen MR) is 66.6 cm³/mol. The highest BCUT2D eigenvalue weighted by molar-refractivity contribution is 9.10. The topological polar surface area (TPSA) is 46.5 Å². The third-order valence-corrected chi connectivity index (χ3v) is 3.06. The highest BCUT2D eigenvalue weighted by Gasteiger charge is 2.19. The van der Waals surface area contributed by atoms with Crippen LogP contribution in [0.4, 0.5) is 4.39 Å². The lowest BCUT2D eigenvalue weighted by atomic mass is 10.2. The molecule has 0 aliphatic rings. The maximum Gasteiger partial charge on any atom is 0.169 e. The van der Waals surface area contributed by atoms with Gasteiger partial charge in [0.1, 0.15) is 22.9 Å². The molecule has 5 heteroatoms. The lowest BCUT2D eigenvalue weighted by Gasteiger charge is -2.02. The van der Waals surface area contributed by atoms with Gasteiger partial charge >= 0.3 is 0 Å². The Morgan fingerprint density at radius 3 is 2.61 bits per heavy atom. The summed E-state index contributed by atoms with van der Waals surface area (Å²) in [5.41, 5.74) is 0.524. The van der Waals surface area contributed by atoms with Gasteiger partial charge in [0.2, 0.25) is 0 Å². The molecule has 1 atom stereocenters. The van der Waals surface area contributed by atoms with E-state index in [0.29, 0.717) is 27.2 Å². The molecule has 2 aromatic heterocycles. The van der Waals surface area contributed by atoms with Crippen LogP contribution in [-0.2, 0) is 0 Å². The molecule has 0 aliphatic heterocycles. The van der Waals surface area contributed by atoms with E-state index in [1.165, 1.54) is 18.2 Å². The van der Waals surface area contributed by atoms with Gasteiger partial charge in [-0.1, -0.05) is 0 Å². The third kappa shape index (κ3) is 1.95. The molecule has 0 saturated heterocycles. The van der Waals surface area contributed by atoms with Gasteiger partial charge in [0.15, 0.2) is 10.8 Å². The van der Waals surface area contributed by atoms with Crippen molar-refractivity contribution in [3.05, 3.63) is 58.4 Å². The van der Waals surface area contributed by atoms with Crippen LogP contribution in [0.3, 0.4) is 0 Å². The maximum absolute atomic E-state index is 13.0. The molecule has 0 bridgehead atoms. The number of rotatable bonds is 2. The van der Waals surface area contributed by atoms with Gasteiger partial charge in [-0.15, -0.1) is 0 Å². The van der Waals surface area contributed by atoms with Crippen LogP contribution in [0, 0.1) is 5.82 Å². The molecule has 0 amide bonds. The van der Waals surface area contributed by atoms with Gasteiger partial charge in [-0.3, -0.25) is 0 Å². The van der Waals surface area contributed by atoms with Gasteiger partial charge in [-0.25, -0.2) is 4.39 Å². The van der Waals surface area contributed by atoms with Crippen LogP contribution in [0.2, 0.25) is 0 Å². The summed E-state index contributed by atoms with van der Waals surface area (Å²) in [7, 11) is 0. The van der Waals surface area contributed by atoms with Crippen LogP contribution in [0.1, 0.15) is 17.6 Å². The highest BCUT2D eigenvalue weighted by Crippen LogP contribution is 2.30. The van der Waals surface area contributed by atoms with Crippen LogP contribution in [0.5, 0.6) is 0 Å². The Balaban J connectivity index is 2.03. The molecule has 0 saturated carbocycles. The summed E-state index contributed by atoms with van der Waals surface area (Å²) in [6.45, 7) is 0. The van der Waals surface area contributed by atoms with E-state index in [0.717, 1.165) is 0 Å². The summed E-state index contributed by atoms with van der Waals surface area (Å²) in [4.78, 5) is 0. The Hall–Kier alpha value is -1.59. The van der Waals surface area contributed by atoms with Crippen molar-refractivity contribution in [2.75, 3.05) is 0 Å². The van der Waals surface area contributed by atoms with Crippen molar-refractivity contribution in [2.45, 2.75) is 6.10 Å². The first kappa shape index (κ1) is 11.5. The molecular formula is C13H8BrFO3. The Kier molecular flexibility index (Phi) is 2.72. The lowest BCUT2D eigenvalue weighted by Crippen LogP contribution is -1.95. The van der Waals surface area contributed by atoms with Crippen molar-refractivity contribution in [1.29, 1.82) is 0 Å². The second kappa shape index (κ2) is 4.26. The Labute approximate surface area is 110 Å². The van der Waals surface area contributed by atoms with Crippen molar-refractivity contribution < 1.29 is 18.3 Å². The number of hydrogen-bond acceptors (Lipinski definition) is 3. The SMILES string of the molecule is OC(c1ccc(Br)o1)c1cc2cc(F)ccc2o1. The summed E-state index contributed by atoms with van der Waals surface area (Å²) in [5, 5.41) is 10.7. The molecule has 0 radical (unpaired) electrons. The van der Waals surface area contributed by atoms with Crippen LogP contribution in [-0.4, -0.2) is 5.11 Å². The second-order valence-electron chi connectivity index (χ2n) is 3.88. The van der Waals surface area contributed by atoms with E-state index in [1.54, 1.807) is 18.2 Å². The molecule has 1 aromatic carbocycles. The molecule has 0 aliphatic carbocycles. The smallest absolute Gasteiger partial charge is 0.169 e. The summed E-state index contributed by atoms with van der Waals surface area (Å²) in [6, 6.07) is 9.11. The zero-order chi connectivity index (χ0) is 12.7. The zero-order valence-corrected chi connectivity index (χ0v) is 10.6. The summed E-state index contributed by atoms with van der Waals surface area (Å²) < 4.78 is 24.3. The number of hydrogen-bond donors (Lipinski definition) is 1. The number of furan rings is 2. The van der Waals surface area contributed by atoms with Crippen LogP contribution >= 0.6 is 15.9 Å². The van der Waals surface area contributed by atoms with Crippen molar-refractivity contribution in [3.8, 4) is 0 Å². The number of fused-ring (bicyclic) bond motifs is 1. The van der Waals surface area contributed by atoms with Gasteiger partial charge in [-0.05, 0) is 52.3 Å². The standard InChI is InChI=1S/C13H8BrFO3/c14-12-4-3-10(18-12)13(16)11-6-7-5-8(15)1-2-9(7)17-11/h1-6,13,16H. The normalized spacial score (nSPS) is 13.1. The van der Waals surface area contributed by atoms with Crippen molar-refractivity contribution in [2.24, 2.45) is 0 Å². The van der Waals surface area contributed by atoms with Gasteiger partial charge in [0.25, 0.3) is 0 Å². The average molecular weight is 311 g/mol. The molecule has 3 aromatic rings. The molecule has 3 nitrogen and oxygen atoms in total.